The average Bonchev–Trinajstić information content (AvgIpc) is 3.24. The molecule has 1 aliphatic rings. The Balaban J connectivity index is 1.25. The fourth-order valence-corrected chi connectivity index (χ4v) is 4.15. The topological polar surface area (TPSA) is 101 Å². The summed E-state index contributed by atoms with van der Waals surface area (Å²) in [6.45, 7) is 1.80. The highest BCUT2D eigenvalue weighted by molar-refractivity contribution is 5.79. The van der Waals surface area contributed by atoms with Crippen LogP contribution in [0.4, 0.5) is 4.39 Å². The zero-order valence-electron chi connectivity index (χ0n) is 18.1. The molecule has 1 fully saturated rings. The number of hydrogen-bond donors (Lipinski definition) is 2. The summed E-state index contributed by atoms with van der Waals surface area (Å²) >= 11 is 0. The Morgan fingerprint density at radius 1 is 1.09 bits per heavy atom. The van der Waals surface area contributed by atoms with Crippen LogP contribution < -0.4 is 4.74 Å². The number of aliphatic carboxylic acids is 1. The number of carboxylic acid groups (broad SMARTS) is 1. The predicted molar refractivity (Wildman–Crippen MR) is 121 cm³/mol. The molecule has 1 saturated carbocycles. The summed E-state index contributed by atoms with van der Waals surface area (Å²) in [5.41, 5.74) is 3.08. The minimum absolute atomic E-state index is 0.0227. The molecule has 0 atom stereocenters. The lowest BCUT2D eigenvalue weighted by Crippen LogP contribution is -2.36. The zero-order valence-corrected chi connectivity index (χ0v) is 18.1. The highest BCUT2D eigenvalue weighted by Crippen LogP contribution is 2.37. The normalized spacial score (nSPS) is 20.6. The second-order valence-corrected chi connectivity index (χ2v) is 8.75. The highest BCUT2D eigenvalue weighted by Gasteiger charge is 2.38. The summed E-state index contributed by atoms with van der Waals surface area (Å²) in [6, 6.07) is 12.0. The fraction of sp³-hybridized carbons (Fsp3) is 0.280. The third kappa shape index (κ3) is 4.28. The Morgan fingerprint density at radius 2 is 1.85 bits per heavy atom. The maximum Gasteiger partial charge on any atom is 0.309 e. The molecule has 7 nitrogen and oxygen atoms in total. The van der Waals surface area contributed by atoms with E-state index in [1.165, 1.54) is 12.1 Å². The highest BCUT2D eigenvalue weighted by atomic mass is 19.1. The molecular formula is C25H23FN4O3. The maximum absolute atomic E-state index is 13.4. The molecule has 0 spiro atoms. The average molecular weight is 446 g/mol. The number of hydrogen-bond acceptors (Lipinski definition) is 5. The van der Waals surface area contributed by atoms with E-state index in [0.717, 1.165) is 22.3 Å². The van der Waals surface area contributed by atoms with E-state index in [0.29, 0.717) is 42.9 Å². The second kappa shape index (κ2) is 8.27. The third-order valence-corrected chi connectivity index (χ3v) is 6.35. The fourth-order valence-electron chi connectivity index (χ4n) is 4.15. The van der Waals surface area contributed by atoms with Crippen LogP contribution in [0.1, 0.15) is 32.6 Å². The molecule has 3 aromatic heterocycles. The van der Waals surface area contributed by atoms with E-state index in [2.05, 4.69) is 19.9 Å². The summed E-state index contributed by atoms with van der Waals surface area (Å²) in [5, 5.41) is 9.36. The molecule has 3 heterocycles. The lowest BCUT2D eigenvalue weighted by molar-refractivity contribution is -0.150. The number of rotatable bonds is 5. The van der Waals surface area contributed by atoms with Gasteiger partial charge in [-0.2, -0.15) is 0 Å². The first-order valence-corrected chi connectivity index (χ1v) is 10.9. The van der Waals surface area contributed by atoms with Crippen molar-refractivity contribution >= 4 is 17.0 Å². The van der Waals surface area contributed by atoms with Crippen molar-refractivity contribution in [3.8, 4) is 28.5 Å². The number of carbonyl (C=O) groups is 1. The van der Waals surface area contributed by atoms with Crippen LogP contribution in [-0.4, -0.2) is 37.1 Å². The number of nitrogens with zero attached hydrogens (tertiary/aromatic N) is 3. The summed E-state index contributed by atoms with van der Waals surface area (Å²) in [4.78, 5) is 27.9. The quantitative estimate of drug-likeness (QED) is 0.435. The maximum atomic E-state index is 13.4. The number of imidazole rings is 1. The summed E-state index contributed by atoms with van der Waals surface area (Å²) < 4.78 is 19.4. The van der Waals surface area contributed by atoms with Gasteiger partial charge in [0.15, 0.2) is 0 Å². The zero-order chi connectivity index (χ0) is 23.0. The molecular weight excluding hydrogens is 423 g/mol. The van der Waals surface area contributed by atoms with Crippen molar-refractivity contribution in [1.82, 2.24) is 19.9 Å². The number of ether oxygens (including phenoxy) is 1. The number of H-pyrrole nitrogens is 1. The van der Waals surface area contributed by atoms with Crippen LogP contribution in [0.2, 0.25) is 0 Å². The van der Waals surface area contributed by atoms with Gasteiger partial charge in [-0.15, -0.1) is 0 Å². The standard InChI is InChI=1S/C25H23FN4O3/c1-25(24(31)32)10-8-18(9-11-25)33-22-7-3-15(13-28-22)19-5-2-16(14-27-19)23-29-20-6-4-17(26)12-21(20)30-23/h2-7,12-14,18H,8-11H2,1H3,(H,29,30)(H,31,32)/t18-,25+. The van der Waals surface area contributed by atoms with Gasteiger partial charge in [0.2, 0.25) is 5.88 Å². The van der Waals surface area contributed by atoms with Crippen LogP contribution >= 0.6 is 0 Å². The van der Waals surface area contributed by atoms with Crippen molar-refractivity contribution in [2.75, 3.05) is 0 Å². The number of carboxylic acids is 1. The largest absolute Gasteiger partial charge is 0.481 e. The van der Waals surface area contributed by atoms with Crippen molar-refractivity contribution < 1.29 is 19.0 Å². The minimum atomic E-state index is -0.740. The molecule has 33 heavy (non-hydrogen) atoms. The van der Waals surface area contributed by atoms with Crippen LogP contribution in [0.3, 0.4) is 0 Å². The molecule has 0 unspecified atom stereocenters. The first-order valence-electron chi connectivity index (χ1n) is 10.9. The SMILES string of the molecule is C[C@]1(C(=O)O)CC[C@@H](Oc2ccc(-c3ccc(-c4nc5cc(F)ccc5[nH]4)cn3)cn2)CC1. The van der Waals surface area contributed by atoms with Crippen molar-refractivity contribution in [2.24, 2.45) is 5.41 Å². The molecule has 4 aromatic rings. The molecule has 0 saturated heterocycles. The molecule has 0 aliphatic heterocycles. The van der Waals surface area contributed by atoms with Crippen LogP contribution in [0, 0.1) is 11.2 Å². The Hall–Kier alpha value is -3.81. The predicted octanol–water partition coefficient (Wildman–Crippen LogP) is 5.24. The lowest BCUT2D eigenvalue weighted by Gasteiger charge is -2.33. The Kier molecular flexibility index (Phi) is 5.28. The molecule has 5 rings (SSSR count). The van der Waals surface area contributed by atoms with Crippen molar-refractivity contribution in [3.05, 3.63) is 60.7 Å². The van der Waals surface area contributed by atoms with Crippen LogP contribution in [0.5, 0.6) is 5.88 Å². The van der Waals surface area contributed by atoms with Gasteiger partial charge in [0.05, 0.1) is 22.1 Å². The van der Waals surface area contributed by atoms with Crippen LogP contribution in [-0.2, 0) is 4.79 Å². The number of aromatic amines is 1. The number of pyridine rings is 2. The second-order valence-electron chi connectivity index (χ2n) is 8.75. The van der Waals surface area contributed by atoms with Crippen molar-refractivity contribution in [1.29, 1.82) is 0 Å². The van der Waals surface area contributed by atoms with Crippen molar-refractivity contribution in [3.63, 3.8) is 0 Å². The minimum Gasteiger partial charge on any atom is -0.481 e. The van der Waals surface area contributed by atoms with Crippen molar-refractivity contribution in [2.45, 2.75) is 38.7 Å². The van der Waals surface area contributed by atoms with Gasteiger partial charge in [-0.25, -0.2) is 14.4 Å². The lowest BCUT2D eigenvalue weighted by atomic mass is 9.75. The van der Waals surface area contributed by atoms with E-state index in [4.69, 9.17) is 4.74 Å². The number of halogens is 1. The van der Waals surface area contributed by atoms with Gasteiger partial charge in [-0.1, -0.05) is 0 Å². The molecule has 1 aromatic carbocycles. The van der Waals surface area contributed by atoms with E-state index < -0.39 is 11.4 Å². The summed E-state index contributed by atoms with van der Waals surface area (Å²) in [7, 11) is 0. The first-order chi connectivity index (χ1) is 15.9. The van der Waals surface area contributed by atoms with Gasteiger partial charge in [-0.3, -0.25) is 9.78 Å². The van der Waals surface area contributed by atoms with Gasteiger partial charge in [0, 0.05) is 35.7 Å². The molecule has 2 N–H and O–H groups in total. The number of fused-ring (bicyclic) bond motifs is 1. The van der Waals surface area contributed by atoms with Crippen LogP contribution in [0.25, 0.3) is 33.7 Å². The molecule has 1 aliphatic carbocycles. The van der Waals surface area contributed by atoms with Crippen LogP contribution in [0.15, 0.2) is 54.9 Å². The van der Waals surface area contributed by atoms with E-state index in [-0.39, 0.29) is 11.9 Å². The number of benzene rings is 1. The van der Waals surface area contributed by atoms with Gasteiger partial charge >= 0.3 is 5.97 Å². The number of nitrogens with one attached hydrogen (secondary N) is 1. The first kappa shape index (κ1) is 21.1. The molecule has 168 valence electrons. The summed E-state index contributed by atoms with van der Waals surface area (Å²) in [5.74, 6) is 0.0872. The van der Waals surface area contributed by atoms with E-state index in [9.17, 15) is 14.3 Å². The number of aromatic nitrogens is 4. The van der Waals surface area contributed by atoms with Gasteiger partial charge in [-0.05, 0) is 62.9 Å². The Morgan fingerprint density at radius 3 is 2.52 bits per heavy atom. The van der Waals surface area contributed by atoms with Gasteiger partial charge in [0.1, 0.15) is 17.7 Å². The van der Waals surface area contributed by atoms with E-state index in [1.54, 1.807) is 25.4 Å². The molecule has 0 amide bonds. The Bertz CT molecular complexity index is 1290. The molecule has 8 heteroatoms. The van der Waals surface area contributed by atoms with E-state index >= 15 is 0 Å². The molecule has 0 radical (unpaired) electrons. The summed E-state index contributed by atoms with van der Waals surface area (Å²) in [6.07, 6.45) is 6.00. The third-order valence-electron chi connectivity index (χ3n) is 6.35. The van der Waals surface area contributed by atoms with E-state index in [1.807, 2.05) is 24.3 Å². The molecule has 0 bridgehead atoms. The Labute approximate surface area is 189 Å². The van der Waals surface area contributed by atoms with Gasteiger partial charge in [0.25, 0.3) is 0 Å². The smallest absolute Gasteiger partial charge is 0.309 e. The monoisotopic (exact) mass is 446 g/mol. The van der Waals surface area contributed by atoms with Gasteiger partial charge < -0.3 is 14.8 Å².